The summed E-state index contributed by atoms with van der Waals surface area (Å²) < 4.78 is 10.3. The van der Waals surface area contributed by atoms with Crippen molar-refractivity contribution in [2.45, 2.75) is 17.3 Å². The Balaban J connectivity index is 1.75. The molecule has 0 unspecified atom stereocenters. The fourth-order valence-corrected chi connectivity index (χ4v) is 3.26. The lowest BCUT2D eigenvalue weighted by molar-refractivity contribution is 0.0994. The predicted molar refractivity (Wildman–Crippen MR) is 95.3 cm³/mol. The number of Topliss-reactive ketones (excluding diaryl/α,β-unsaturated/α-hetero) is 1. The molecule has 3 rings (SSSR count). The monoisotopic (exact) mass is 342 g/mol. The topological polar surface area (TPSA) is 64.2 Å². The molecule has 5 nitrogen and oxygen atoms in total. The molecular weight excluding hydrogens is 324 g/mol. The Bertz CT molecular complexity index is 858. The van der Waals surface area contributed by atoms with Crippen LogP contribution in [0.4, 0.5) is 0 Å². The predicted octanol–water partition coefficient (Wildman–Crippen LogP) is 3.94. The normalized spacial score (nSPS) is 12.1. The van der Waals surface area contributed by atoms with Gasteiger partial charge in [0.05, 0.1) is 30.5 Å². The second kappa shape index (κ2) is 6.97. The first kappa shape index (κ1) is 16.4. The molecule has 3 aromatic rings. The van der Waals surface area contributed by atoms with E-state index < -0.39 is 0 Å². The van der Waals surface area contributed by atoms with Crippen LogP contribution in [0.5, 0.6) is 11.5 Å². The minimum atomic E-state index is -0.249. The third-order valence-electron chi connectivity index (χ3n) is 3.70. The van der Waals surface area contributed by atoms with Crippen LogP contribution in [0.2, 0.25) is 0 Å². The first-order valence-corrected chi connectivity index (χ1v) is 8.37. The second-order valence-corrected chi connectivity index (χ2v) is 6.61. The smallest absolute Gasteiger partial charge is 0.175 e. The second-order valence-electron chi connectivity index (χ2n) is 5.28. The Morgan fingerprint density at radius 3 is 2.42 bits per heavy atom. The van der Waals surface area contributed by atoms with Gasteiger partial charge in [0, 0.05) is 11.6 Å². The number of hydrogen-bond donors (Lipinski definition) is 1. The number of nitrogens with zero attached hydrogens (tertiary/aromatic N) is 1. The average molecular weight is 342 g/mol. The highest BCUT2D eigenvalue weighted by Gasteiger charge is 2.18. The number of imidazole rings is 1. The zero-order chi connectivity index (χ0) is 17.1. The van der Waals surface area contributed by atoms with E-state index in [4.69, 9.17) is 9.47 Å². The Morgan fingerprint density at radius 2 is 1.75 bits per heavy atom. The van der Waals surface area contributed by atoms with Crippen LogP contribution in [-0.2, 0) is 0 Å². The van der Waals surface area contributed by atoms with Crippen molar-refractivity contribution in [1.82, 2.24) is 9.97 Å². The first-order chi connectivity index (χ1) is 11.6. The molecule has 0 saturated carbocycles. The number of fused-ring (bicyclic) bond motifs is 1. The molecule has 0 amide bonds. The highest BCUT2D eigenvalue weighted by atomic mass is 32.2. The van der Waals surface area contributed by atoms with Crippen molar-refractivity contribution in [3.05, 3.63) is 48.0 Å². The maximum Gasteiger partial charge on any atom is 0.175 e. The Kier molecular flexibility index (Phi) is 4.76. The Labute approximate surface area is 144 Å². The molecule has 0 spiro atoms. The molecule has 0 aliphatic heterocycles. The van der Waals surface area contributed by atoms with Gasteiger partial charge in [-0.25, -0.2) is 4.98 Å². The van der Waals surface area contributed by atoms with Crippen LogP contribution in [0.25, 0.3) is 11.0 Å². The molecule has 124 valence electrons. The van der Waals surface area contributed by atoms with Crippen LogP contribution in [0.3, 0.4) is 0 Å². The van der Waals surface area contributed by atoms with Crippen LogP contribution in [0, 0.1) is 0 Å². The largest absolute Gasteiger partial charge is 0.497 e. The minimum absolute atomic E-state index is 0.0562. The quantitative estimate of drug-likeness (QED) is 0.543. The molecule has 0 radical (unpaired) electrons. The average Bonchev–Trinajstić information content (AvgIpc) is 3.02. The molecule has 6 heteroatoms. The number of aromatic amines is 1. The van der Waals surface area contributed by atoms with Crippen molar-refractivity contribution in [1.29, 1.82) is 0 Å². The summed E-state index contributed by atoms with van der Waals surface area (Å²) in [5.41, 5.74) is 2.40. The summed E-state index contributed by atoms with van der Waals surface area (Å²) in [6, 6.07) is 12.8. The van der Waals surface area contributed by atoms with Crippen molar-refractivity contribution in [3.8, 4) is 11.5 Å². The molecule has 1 heterocycles. The molecule has 1 atom stereocenters. The van der Waals surface area contributed by atoms with Gasteiger partial charge in [-0.15, -0.1) is 0 Å². The highest BCUT2D eigenvalue weighted by Crippen LogP contribution is 2.27. The number of H-pyrrole nitrogens is 1. The fraction of sp³-hybridized carbons (Fsp3) is 0.222. The van der Waals surface area contributed by atoms with E-state index in [0.29, 0.717) is 10.7 Å². The number of carbonyl (C=O) groups is 1. The van der Waals surface area contributed by atoms with Crippen LogP contribution in [0.1, 0.15) is 17.3 Å². The number of hydrogen-bond acceptors (Lipinski definition) is 5. The van der Waals surface area contributed by atoms with Gasteiger partial charge in [0.2, 0.25) is 0 Å². The zero-order valence-corrected chi connectivity index (χ0v) is 14.5. The zero-order valence-electron chi connectivity index (χ0n) is 13.7. The SMILES string of the molecule is COc1ccc(C(=O)[C@H](C)Sc2nc3ccc(OC)cc3[nH]2)cc1. The third kappa shape index (κ3) is 3.38. The summed E-state index contributed by atoms with van der Waals surface area (Å²) >= 11 is 1.41. The van der Waals surface area contributed by atoms with E-state index in [1.807, 2.05) is 25.1 Å². The highest BCUT2D eigenvalue weighted by molar-refractivity contribution is 8.00. The summed E-state index contributed by atoms with van der Waals surface area (Å²) in [6.07, 6.45) is 0. The Hall–Kier alpha value is -2.47. The van der Waals surface area contributed by atoms with E-state index in [-0.39, 0.29) is 11.0 Å². The summed E-state index contributed by atoms with van der Waals surface area (Å²) in [5, 5.41) is 0.466. The molecule has 0 aliphatic carbocycles. The van der Waals surface area contributed by atoms with Gasteiger partial charge in [0.1, 0.15) is 11.5 Å². The minimum Gasteiger partial charge on any atom is -0.497 e. The van der Waals surface area contributed by atoms with Gasteiger partial charge in [-0.3, -0.25) is 4.79 Å². The van der Waals surface area contributed by atoms with Gasteiger partial charge in [0.25, 0.3) is 0 Å². The van der Waals surface area contributed by atoms with Crippen molar-refractivity contribution in [3.63, 3.8) is 0 Å². The molecular formula is C18H18N2O3S. The Morgan fingerprint density at radius 1 is 1.08 bits per heavy atom. The third-order valence-corrected chi connectivity index (χ3v) is 4.68. The van der Waals surface area contributed by atoms with Gasteiger partial charge in [0.15, 0.2) is 10.9 Å². The maximum absolute atomic E-state index is 12.5. The van der Waals surface area contributed by atoms with Crippen LogP contribution < -0.4 is 9.47 Å². The number of carbonyl (C=O) groups excluding carboxylic acids is 1. The van der Waals surface area contributed by atoms with Crippen molar-refractivity contribution in [2.75, 3.05) is 14.2 Å². The summed E-state index contributed by atoms with van der Waals surface area (Å²) in [5.74, 6) is 1.56. The maximum atomic E-state index is 12.5. The molecule has 0 saturated heterocycles. The standard InChI is InChI=1S/C18H18N2O3S/c1-11(17(21)12-4-6-13(22-2)7-5-12)24-18-19-15-9-8-14(23-3)10-16(15)20-18/h4-11H,1-3H3,(H,19,20)/t11-/m0/s1. The van der Waals surface area contributed by atoms with Crippen LogP contribution in [-0.4, -0.2) is 35.2 Å². The number of ketones is 1. The fourth-order valence-electron chi connectivity index (χ4n) is 2.36. The van der Waals surface area contributed by atoms with Crippen molar-refractivity contribution < 1.29 is 14.3 Å². The van der Waals surface area contributed by atoms with Gasteiger partial charge in [-0.1, -0.05) is 11.8 Å². The molecule has 0 aliphatic rings. The lowest BCUT2D eigenvalue weighted by Crippen LogP contribution is -2.13. The van der Waals surface area contributed by atoms with E-state index in [1.54, 1.807) is 38.5 Å². The number of benzene rings is 2. The number of methoxy groups -OCH3 is 2. The lowest BCUT2D eigenvalue weighted by Gasteiger charge is -2.08. The van der Waals surface area contributed by atoms with E-state index in [0.717, 1.165) is 22.5 Å². The number of thioether (sulfide) groups is 1. The van der Waals surface area contributed by atoms with Gasteiger partial charge < -0.3 is 14.5 Å². The van der Waals surface area contributed by atoms with E-state index >= 15 is 0 Å². The molecule has 24 heavy (non-hydrogen) atoms. The first-order valence-electron chi connectivity index (χ1n) is 7.49. The van der Waals surface area contributed by atoms with Crippen molar-refractivity contribution >= 4 is 28.6 Å². The number of ether oxygens (including phenoxy) is 2. The molecule has 1 N–H and O–H groups in total. The molecule has 2 aromatic carbocycles. The lowest BCUT2D eigenvalue weighted by atomic mass is 10.1. The van der Waals surface area contributed by atoms with Gasteiger partial charge >= 0.3 is 0 Å². The van der Waals surface area contributed by atoms with E-state index in [2.05, 4.69) is 9.97 Å². The van der Waals surface area contributed by atoms with Crippen molar-refractivity contribution in [2.24, 2.45) is 0 Å². The van der Waals surface area contributed by atoms with E-state index in [1.165, 1.54) is 11.8 Å². The summed E-state index contributed by atoms with van der Waals surface area (Å²) in [6.45, 7) is 1.88. The molecule has 0 fully saturated rings. The van der Waals surface area contributed by atoms with E-state index in [9.17, 15) is 4.79 Å². The van der Waals surface area contributed by atoms with Crippen LogP contribution in [0.15, 0.2) is 47.6 Å². The van der Waals surface area contributed by atoms with Gasteiger partial charge in [-0.05, 0) is 43.3 Å². The number of aromatic nitrogens is 2. The number of rotatable bonds is 6. The summed E-state index contributed by atoms with van der Waals surface area (Å²) in [7, 11) is 3.23. The van der Waals surface area contributed by atoms with Crippen LogP contribution >= 0.6 is 11.8 Å². The molecule has 1 aromatic heterocycles. The van der Waals surface area contributed by atoms with Gasteiger partial charge in [-0.2, -0.15) is 0 Å². The molecule has 0 bridgehead atoms. The summed E-state index contributed by atoms with van der Waals surface area (Å²) in [4.78, 5) is 20.3. The number of nitrogens with one attached hydrogen (secondary N) is 1.